The van der Waals surface area contributed by atoms with E-state index in [0.29, 0.717) is 30.7 Å². The summed E-state index contributed by atoms with van der Waals surface area (Å²) in [6, 6.07) is 2.65. The Hall–Kier alpha value is -2.22. The van der Waals surface area contributed by atoms with Crippen molar-refractivity contribution in [1.29, 1.82) is 0 Å². The minimum atomic E-state index is -0.819. The van der Waals surface area contributed by atoms with Gasteiger partial charge in [0, 0.05) is 18.4 Å². The topological polar surface area (TPSA) is 109 Å². The van der Waals surface area contributed by atoms with Gasteiger partial charge in [0.05, 0.1) is 5.56 Å². The maximum absolute atomic E-state index is 12.0. The van der Waals surface area contributed by atoms with Gasteiger partial charge in [-0.25, -0.2) is 0 Å². The van der Waals surface area contributed by atoms with Crippen LogP contribution in [-0.4, -0.2) is 33.2 Å². The molecule has 1 aromatic heterocycles. The summed E-state index contributed by atoms with van der Waals surface area (Å²) >= 11 is 0. The third kappa shape index (κ3) is 3.41. The Labute approximate surface area is 115 Å². The monoisotopic (exact) mass is 280 g/mol. The van der Waals surface area contributed by atoms with Crippen LogP contribution >= 0.6 is 0 Å². The van der Waals surface area contributed by atoms with E-state index >= 15 is 0 Å². The van der Waals surface area contributed by atoms with E-state index in [-0.39, 0.29) is 5.56 Å². The number of hydrogen-bond acceptors (Lipinski definition) is 6. The molecule has 0 bridgehead atoms. The molecule has 1 amide bonds. The first-order valence-corrected chi connectivity index (χ1v) is 6.30. The summed E-state index contributed by atoms with van der Waals surface area (Å²) in [5.74, 6) is -0.628. The smallest absolute Gasteiger partial charge is 0.294 e. The highest BCUT2D eigenvalue weighted by atomic mass is 17.0. The van der Waals surface area contributed by atoms with E-state index in [2.05, 4.69) is 9.82 Å². The minimum Gasteiger partial charge on any atom is -0.756 e. The van der Waals surface area contributed by atoms with Crippen LogP contribution in [0.25, 0.3) is 0 Å². The number of carbonyl (C=O) groups excluding carboxylic acids is 1. The number of nitrogens with zero attached hydrogens (tertiary/aromatic N) is 3. The molecule has 0 radical (unpaired) electrons. The quantitative estimate of drug-likeness (QED) is 0.611. The highest BCUT2D eigenvalue weighted by molar-refractivity contribution is 5.94. The highest BCUT2D eigenvalue weighted by Gasteiger charge is 2.26. The summed E-state index contributed by atoms with van der Waals surface area (Å²) in [6.45, 7) is 0. The van der Waals surface area contributed by atoms with Crippen LogP contribution in [0.15, 0.2) is 24.5 Å². The number of hydroxylamine groups is 2. The molecule has 8 nitrogen and oxygen atoms in total. The van der Waals surface area contributed by atoms with E-state index in [0.717, 1.165) is 0 Å². The summed E-state index contributed by atoms with van der Waals surface area (Å²) < 4.78 is 0. The number of hydrogen-bond donors (Lipinski definition) is 0. The largest absolute Gasteiger partial charge is 0.756 e. The SMILES string of the molecule is O=C(c1cccnc1)N([O-])C1CCC(O[N+](=O)[O-])CC1. The zero-order chi connectivity index (χ0) is 14.5. The van der Waals surface area contributed by atoms with Crippen LogP contribution < -0.4 is 0 Å². The number of pyridine rings is 1. The van der Waals surface area contributed by atoms with Crippen LogP contribution in [0, 0.1) is 15.3 Å². The molecule has 108 valence electrons. The first kappa shape index (κ1) is 14.2. The van der Waals surface area contributed by atoms with Crippen molar-refractivity contribution in [3.63, 3.8) is 0 Å². The fraction of sp³-hybridized carbons (Fsp3) is 0.500. The van der Waals surface area contributed by atoms with Gasteiger partial charge in [-0.05, 0) is 37.8 Å². The van der Waals surface area contributed by atoms with Crippen LogP contribution in [-0.2, 0) is 4.84 Å². The minimum absolute atomic E-state index is 0.242. The van der Waals surface area contributed by atoms with Gasteiger partial charge in [-0.3, -0.25) is 9.78 Å². The summed E-state index contributed by atoms with van der Waals surface area (Å²) in [4.78, 5) is 30.4. The Morgan fingerprint density at radius 3 is 2.65 bits per heavy atom. The molecule has 8 heteroatoms. The number of aromatic nitrogens is 1. The van der Waals surface area contributed by atoms with Crippen LogP contribution in [0.5, 0.6) is 0 Å². The maximum Gasteiger partial charge on any atom is 0.294 e. The normalized spacial score (nSPS) is 22.1. The van der Waals surface area contributed by atoms with E-state index in [9.17, 15) is 20.1 Å². The zero-order valence-electron chi connectivity index (χ0n) is 10.7. The van der Waals surface area contributed by atoms with E-state index in [1.54, 1.807) is 6.07 Å². The Morgan fingerprint density at radius 2 is 2.10 bits per heavy atom. The van der Waals surface area contributed by atoms with Crippen molar-refractivity contribution in [2.75, 3.05) is 0 Å². The Morgan fingerprint density at radius 1 is 1.40 bits per heavy atom. The fourth-order valence-electron chi connectivity index (χ4n) is 2.29. The van der Waals surface area contributed by atoms with Gasteiger partial charge in [0.25, 0.3) is 5.09 Å². The second-order valence-corrected chi connectivity index (χ2v) is 4.63. The molecule has 20 heavy (non-hydrogen) atoms. The third-order valence-electron chi connectivity index (χ3n) is 3.32. The lowest BCUT2D eigenvalue weighted by Crippen LogP contribution is -2.40. The molecule has 1 aromatic rings. The summed E-state index contributed by atoms with van der Waals surface area (Å²) in [5, 5.41) is 21.8. The van der Waals surface area contributed by atoms with Crippen molar-refractivity contribution in [3.05, 3.63) is 45.4 Å². The zero-order valence-corrected chi connectivity index (χ0v) is 10.7. The lowest BCUT2D eigenvalue weighted by Gasteiger charge is -2.40. The molecule has 1 fully saturated rings. The van der Waals surface area contributed by atoms with Crippen molar-refractivity contribution < 1.29 is 14.7 Å². The van der Waals surface area contributed by atoms with Gasteiger partial charge in [-0.15, -0.1) is 10.1 Å². The van der Waals surface area contributed by atoms with Crippen LogP contribution in [0.1, 0.15) is 36.0 Å². The number of carbonyl (C=O) groups is 1. The molecule has 1 aliphatic carbocycles. The molecular formula is C12H14N3O5-. The number of amides is 1. The molecule has 2 rings (SSSR count). The van der Waals surface area contributed by atoms with Gasteiger partial charge in [0.1, 0.15) is 6.10 Å². The standard InChI is InChI=1S/C12H14N3O5/c16-12(9-2-1-7-13-8-9)14(17)10-3-5-11(6-4-10)20-15(18)19/h1-2,7-8,10-11H,3-6H2/q-1. The fourth-order valence-corrected chi connectivity index (χ4v) is 2.29. The molecule has 1 saturated carbocycles. The molecule has 0 saturated heterocycles. The van der Waals surface area contributed by atoms with Crippen molar-refractivity contribution >= 4 is 5.91 Å². The first-order chi connectivity index (χ1) is 9.58. The average Bonchev–Trinajstić information content (AvgIpc) is 2.47. The molecule has 0 unspecified atom stereocenters. The van der Waals surface area contributed by atoms with Crippen LogP contribution in [0.3, 0.4) is 0 Å². The van der Waals surface area contributed by atoms with E-state index in [1.807, 2.05) is 0 Å². The van der Waals surface area contributed by atoms with Crippen molar-refractivity contribution in [2.45, 2.75) is 37.8 Å². The molecule has 0 N–H and O–H groups in total. The lowest BCUT2D eigenvalue weighted by molar-refractivity contribution is -0.769. The molecular weight excluding hydrogens is 266 g/mol. The Bertz CT molecular complexity index is 473. The summed E-state index contributed by atoms with van der Waals surface area (Å²) in [6.07, 6.45) is 3.96. The Kier molecular flexibility index (Phi) is 4.46. The molecule has 0 atom stereocenters. The van der Waals surface area contributed by atoms with E-state index in [4.69, 9.17) is 0 Å². The van der Waals surface area contributed by atoms with Crippen molar-refractivity contribution in [1.82, 2.24) is 10.0 Å². The molecule has 0 spiro atoms. The predicted octanol–water partition coefficient (Wildman–Crippen LogP) is 1.54. The molecule has 0 aliphatic heterocycles. The van der Waals surface area contributed by atoms with Gasteiger partial charge < -0.3 is 15.1 Å². The average molecular weight is 280 g/mol. The lowest BCUT2D eigenvalue weighted by atomic mass is 9.92. The van der Waals surface area contributed by atoms with E-state index < -0.39 is 23.1 Å². The van der Waals surface area contributed by atoms with Crippen molar-refractivity contribution in [2.24, 2.45) is 0 Å². The van der Waals surface area contributed by atoms with Crippen LogP contribution in [0.4, 0.5) is 0 Å². The second-order valence-electron chi connectivity index (χ2n) is 4.63. The second kappa shape index (κ2) is 6.29. The Balaban J connectivity index is 1.90. The first-order valence-electron chi connectivity index (χ1n) is 6.30. The van der Waals surface area contributed by atoms with Gasteiger partial charge in [0.2, 0.25) is 5.91 Å². The van der Waals surface area contributed by atoms with Gasteiger partial charge in [-0.1, -0.05) is 0 Å². The molecule has 0 aromatic carbocycles. The predicted molar refractivity (Wildman–Crippen MR) is 67.9 cm³/mol. The third-order valence-corrected chi connectivity index (χ3v) is 3.32. The highest BCUT2D eigenvalue weighted by Crippen LogP contribution is 2.25. The number of rotatable bonds is 4. The maximum atomic E-state index is 12.0. The summed E-state index contributed by atoms with van der Waals surface area (Å²) in [5.41, 5.74) is 0.242. The molecule has 1 aliphatic rings. The summed E-state index contributed by atoms with van der Waals surface area (Å²) in [7, 11) is 0. The van der Waals surface area contributed by atoms with Gasteiger partial charge >= 0.3 is 0 Å². The molecule has 1 heterocycles. The van der Waals surface area contributed by atoms with Gasteiger partial charge in [-0.2, -0.15) is 0 Å². The van der Waals surface area contributed by atoms with Gasteiger partial charge in [0.15, 0.2) is 0 Å². The van der Waals surface area contributed by atoms with E-state index in [1.165, 1.54) is 18.5 Å². The van der Waals surface area contributed by atoms with Crippen molar-refractivity contribution in [3.8, 4) is 0 Å². The van der Waals surface area contributed by atoms with Crippen LogP contribution in [0.2, 0.25) is 0 Å².